The van der Waals surface area contributed by atoms with Gasteiger partial charge in [-0.25, -0.2) is 4.98 Å². The van der Waals surface area contributed by atoms with Crippen molar-refractivity contribution < 1.29 is 27.8 Å². The van der Waals surface area contributed by atoms with Crippen LogP contribution in [-0.4, -0.2) is 27.0 Å². The van der Waals surface area contributed by atoms with E-state index in [1.165, 1.54) is 19.9 Å². The zero-order valence-electron chi connectivity index (χ0n) is 12.3. The van der Waals surface area contributed by atoms with Crippen LogP contribution < -0.4 is 4.74 Å². The van der Waals surface area contributed by atoms with Gasteiger partial charge < -0.3 is 9.84 Å². The first-order chi connectivity index (χ1) is 10.1. The second-order valence-electron chi connectivity index (χ2n) is 5.83. The molecule has 0 aliphatic heterocycles. The van der Waals surface area contributed by atoms with Crippen molar-refractivity contribution in [2.75, 3.05) is 0 Å². The summed E-state index contributed by atoms with van der Waals surface area (Å²) in [6.07, 6.45) is -3.50. The van der Waals surface area contributed by atoms with Crippen LogP contribution in [0.1, 0.15) is 51.0 Å². The molecule has 2 rings (SSSR count). The van der Waals surface area contributed by atoms with Crippen LogP contribution in [0.2, 0.25) is 0 Å². The van der Waals surface area contributed by atoms with E-state index in [1.807, 2.05) is 0 Å². The lowest BCUT2D eigenvalue weighted by Gasteiger charge is -2.24. The molecular formula is C14H17F3N2O3. The fourth-order valence-electron chi connectivity index (χ4n) is 2.13. The Balaban J connectivity index is 2.28. The number of carbonyl (C=O) groups is 1. The molecule has 0 unspecified atom stereocenters. The van der Waals surface area contributed by atoms with Gasteiger partial charge in [-0.3, -0.25) is 4.79 Å². The molecule has 122 valence electrons. The van der Waals surface area contributed by atoms with Crippen molar-refractivity contribution >= 4 is 5.78 Å². The number of ether oxygens (including phenoxy) is 1. The van der Waals surface area contributed by atoms with E-state index < -0.39 is 17.6 Å². The lowest BCUT2D eigenvalue weighted by atomic mass is 9.96. The molecule has 0 aromatic carbocycles. The molecule has 22 heavy (non-hydrogen) atoms. The van der Waals surface area contributed by atoms with E-state index in [1.54, 1.807) is 0 Å². The predicted octanol–water partition coefficient (Wildman–Crippen LogP) is 2.61. The van der Waals surface area contributed by atoms with Gasteiger partial charge in [0.1, 0.15) is 17.5 Å². The summed E-state index contributed by atoms with van der Waals surface area (Å²) in [5, 5.41) is 9.89. The Kier molecular flexibility index (Phi) is 4.42. The monoisotopic (exact) mass is 318 g/mol. The summed E-state index contributed by atoms with van der Waals surface area (Å²) in [5.41, 5.74) is -1.72. The number of rotatable bonds is 3. The van der Waals surface area contributed by atoms with Crippen LogP contribution in [0.25, 0.3) is 0 Å². The van der Waals surface area contributed by atoms with E-state index in [-0.39, 0.29) is 23.5 Å². The van der Waals surface area contributed by atoms with Crippen LogP contribution in [0.3, 0.4) is 0 Å². The second-order valence-corrected chi connectivity index (χ2v) is 5.83. The van der Waals surface area contributed by atoms with Crippen molar-refractivity contribution in [1.29, 1.82) is 0 Å². The summed E-state index contributed by atoms with van der Waals surface area (Å²) in [7, 11) is 0. The van der Waals surface area contributed by atoms with Crippen LogP contribution in [0.4, 0.5) is 13.2 Å². The number of hydrogen-bond acceptors (Lipinski definition) is 5. The molecule has 1 aromatic heterocycles. The van der Waals surface area contributed by atoms with E-state index >= 15 is 0 Å². The number of carbonyl (C=O) groups excluding carboxylic acids is 1. The Hall–Kier alpha value is -1.70. The Labute approximate surface area is 125 Å². The van der Waals surface area contributed by atoms with E-state index in [0.29, 0.717) is 25.7 Å². The maximum atomic E-state index is 12.9. The summed E-state index contributed by atoms with van der Waals surface area (Å²) in [5.74, 6) is -1.47. The zero-order valence-corrected chi connectivity index (χ0v) is 12.3. The standard InChI is InChI=1S/C14H17F3N2O3/c1-13(2,21)10-7-11(19-12(18-10)14(15,16)17)22-9-5-3-8(20)4-6-9/h7,9,21H,3-6H2,1-2H3. The molecule has 1 heterocycles. The summed E-state index contributed by atoms with van der Waals surface area (Å²) < 4.78 is 44.0. The average molecular weight is 318 g/mol. The zero-order chi connectivity index (χ0) is 16.5. The quantitative estimate of drug-likeness (QED) is 0.927. The minimum Gasteiger partial charge on any atom is -0.474 e. The lowest BCUT2D eigenvalue weighted by Crippen LogP contribution is -2.26. The highest BCUT2D eigenvalue weighted by Crippen LogP contribution is 2.31. The molecule has 0 bridgehead atoms. The fraction of sp³-hybridized carbons (Fsp3) is 0.643. The smallest absolute Gasteiger partial charge is 0.451 e. The highest BCUT2D eigenvalue weighted by Gasteiger charge is 2.37. The molecule has 0 amide bonds. The number of alkyl halides is 3. The van der Waals surface area contributed by atoms with Crippen molar-refractivity contribution in [2.24, 2.45) is 0 Å². The van der Waals surface area contributed by atoms with E-state index in [0.717, 1.165) is 0 Å². The predicted molar refractivity (Wildman–Crippen MR) is 70.2 cm³/mol. The first-order valence-electron chi connectivity index (χ1n) is 6.93. The Bertz CT molecular complexity index is 525. The van der Waals surface area contributed by atoms with Crippen molar-refractivity contribution in [2.45, 2.75) is 57.4 Å². The first kappa shape index (κ1) is 16.7. The molecule has 8 heteroatoms. The van der Waals surface area contributed by atoms with Crippen molar-refractivity contribution in [3.8, 4) is 5.88 Å². The van der Waals surface area contributed by atoms with Gasteiger partial charge in [-0.1, -0.05) is 0 Å². The molecule has 1 saturated carbocycles. The molecule has 5 nitrogen and oxygen atoms in total. The SMILES string of the molecule is CC(C)(O)c1cc(OC2CCC(=O)CC2)nc(C(F)(F)F)n1. The average Bonchev–Trinajstić information content (AvgIpc) is 2.39. The summed E-state index contributed by atoms with van der Waals surface area (Å²) in [6.45, 7) is 2.66. The summed E-state index contributed by atoms with van der Waals surface area (Å²) >= 11 is 0. The number of aromatic nitrogens is 2. The third-order valence-corrected chi connectivity index (χ3v) is 3.36. The number of hydrogen-bond donors (Lipinski definition) is 1. The molecule has 0 radical (unpaired) electrons. The molecule has 0 atom stereocenters. The molecule has 1 aliphatic rings. The number of nitrogens with zero attached hydrogens (tertiary/aromatic N) is 2. The number of halogens is 3. The van der Waals surface area contributed by atoms with Gasteiger partial charge in [0.05, 0.1) is 5.69 Å². The number of aliphatic hydroxyl groups is 1. The molecule has 1 N–H and O–H groups in total. The van der Waals surface area contributed by atoms with E-state index in [4.69, 9.17) is 4.74 Å². The van der Waals surface area contributed by atoms with Gasteiger partial charge in [0.25, 0.3) is 0 Å². The molecule has 1 fully saturated rings. The van der Waals surface area contributed by atoms with Gasteiger partial charge in [0.2, 0.25) is 11.7 Å². The molecule has 1 aliphatic carbocycles. The summed E-state index contributed by atoms with van der Waals surface area (Å²) in [4.78, 5) is 17.9. The summed E-state index contributed by atoms with van der Waals surface area (Å²) in [6, 6.07) is 1.20. The topological polar surface area (TPSA) is 72.3 Å². The van der Waals surface area contributed by atoms with Crippen LogP contribution in [0.5, 0.6) is 5.88 Å². The lowest BCUT2D eigenvalue weighted by molar-refractivity contribution is -0.145. The van der Waals surface area contributed by atoms with E-state index in [9.17, 15) is 23.1 Å². The molecular weight excluding hydrogens is 301 g/mol. The normalized spacial score (nSPS) is 17.6. The van der Waals surface area contributed by atoms with Crippen LogP contribution in [0, 0.1) is 0 Å². The van der Waals surface area contributed by atoms with Crippen LogP contribution in [0.15, 0.2) is 6.07 Å². The highest BCUT2D eigenvalue weighted by molar-refractivity contribution is 5.79. The van der Waals surface area contributed by atoms with Gasteiger partial charge in [0.15, 0.2) is 0 Å². The van der Waals surface area contributed by atoms with Gasteiger partial charge in [-0.2, -0.15) is 18.2 Å². The number of ketones is 1. The van der Waals surface area contributed by atoms with Crippen LogP contribution in [-0.2, 0) is 16.6 Å². The molecule has 0 saturated heterocycles. The van der Waals surface area contributed by atoms with Gasteiger partial charge in [-0.05, 0) is 26.7 Å². The third-order valence-electron chi connectivity index (χ3n) is 3.36. The number of Topliss-reactive ketones (excluding diaryl/α,β-unsaturated/α-hetero) is 1. The first-order valence-corrected chi connectivity index (χ1v) is 6.93. The van der Waals surface area contributed by atoms with Crippen molar-refractivity contribution in [3.63, 3.8) is 0 Å². The third kappa shape index (κ3) is 4.16. The maximum absolute atomic E-state index is 12.9. The van der Waals surface area contributed by atoms with Gasteiger partial charge in [-0.15, -0.1) is 0 Å². The Morgan fingerprint density at radius 3 is 2.32 bits per heavy atom. The molecule has 0 spiro atoms. The van der Waals surface area contributed by atoms with Crippen molar-refractivity contribution in [3.05, 3.63) is 17.6 Å². The Morgan fingerprint density at radius 1 is 1.23 bits per heavy atom. The van der Waals surface area contributed by atoms with Crippen LogP contribution >= 0.6 is 0 Å². The van der Waals surface area contributed by atoms with Gasteiger partial charge >= 0.3 is 6.18 Å². The second kappa shape index (κ2) is 5.83. The highest BCUT2D eigenvalue weighted by atomic mass is 19.4. The molecule has 1 aromatic rings. The van der Waals surface area contributed by atoms with Crippen molar-refractivity contribution in [1.82, 2.24) is 9.97 Å². The minimum atomic E-state index is -4.73. The fourth-order valence-corrected chi connectivity index (χ4v) is 2.13. The maximum Gasteiger partial charge on any atom is 0.451 e. The van der Waals surface area contributed by atoms with E-state index in [2.05, 4.69) is 9.97 Å². The minimum absolute atomic E-state index is 0.121. The Morgan fingerprint density at radius 2 is 1.82 bits per heavy atom. The largest absolute Gasteiger partial charge is 0.474 e. The van der Waals surface area contributed by atoms with Gasteiger partial charge in [0, 0.05) is 18.9 Å².